The van der Waals surface area contributed by atoms with E-state index in [1.54, 1.807) is 0 Å². The summed E-state index contributed by atoms with van der Waals surface area (Å²) in [5.74, 6) is 0. The van der Waals surface area contributed by atoms with Crippen LogP contribution in [-0.4, -0.2) is 0 Å². The second kappa shape index (κ2) is 6.12. The van der Waals surface area contributed by atoms with Crippen LogP contribution < -0.4 is 5.32 Å². The Balaban J connectivity index is 2.02. The molecule has 0 amide bonds. The number of rotatable bonds is 3. The molecule has 0 aromatic heterocycles. The van der Waals surface area contributed by atoms with Crippen LogP contribution >= 0.6 is 43.6 Å². The Morgan fingerprint density at radius 1 is 1.05 bits per heavy atom. The van der Waals surface area contributed by atoms with Crippen LogP contribution in [0.25, 0.3) is 0 Å². The maximum Gasteiger partial charge on any atom is 0.0559 e. The minimum absolute atomic E-state index is 1.12. The van der Waals surface area contributed by atoms with E-state index >= 15 is 0 Å². The number of unbranched alkanes of at least 4 members (excludes halogenated alkanes) is 1. The minimum Gasteiger partial charge on any atom is -0.353 e. The first-order chi connectivity index (χ1) is 9.67. The van der Waals surface area contributed by atoms with Crippen LogP contribution in [0.5, 0.6) is 0 Å². The molecule has 0 unspecified atom stereocenters. The molecule has 0 atom stereocenters. The van der Waals surface area contributed by atoms with Crippen molar-refractivity contribution in [2.75, 3.05) is 5.32 Å². The van der Waals surface area contributed by atoms with Gasteiger partial charge in [-0.05, 0) is 48.7 Å². The fraction of sp³-hybridized carbons (Fsp3) is 0.250. The summed E-state index contributed by atoms with van der Waals surface area (Å²) in [4.78, 5) is 2.57. The van der Waals surface area contributed by atoms with Gasteiger partial charge < -0.3 is 5.32 Å². The maximum atomic E-state index is 3.64. The van der Waals surface area contributed by atoms with Gasteiger partial charge in [0.15, 0.2) is 0 Å². The molecule has 1 aliphatic rings. The zero-order valence-electron chi connectivity index (χ0n) is 11.2. The molecule has 20 heavy (non-hydrogen) atoms. The predicted octanol–water partition coefficient (Wildman–Crippen LogP) is 6.76. The molecular weight excluding hydrogens is 398 g/mol. The van der Waals surface area contributed by atoms with E-state index in [-0.39, 0.29) is 0 Å². The number of aryl methyl sites for hydroxylation is 1. The average Bonchev–Trinajstić information content (AvgIpc) is 2.42. The van der Waals surface area contributed by atoms with E-state index in [1.807, 2.05) is 11.8 Å². The van der Waals surface area contributed by atoms with Gasteiger partial charge in [0.1, 0.15) is 0 Å². The Hall–Kier alpha value is -0.450. The molecule has 0 saturated heterocycles. The van der Waals surface area contributed by atoms with Crippen LogP contribution in [0.3, 0.4) is 0 Å². The van der Waals surface area contributed by atoms with Gasteiger partial charge in [-0.25, -0.2) is 0 Å². The van der Waals surface area contributed by atoms with Crippen molar-refractivity contribution in [2.45, 2.75) is 36.0 Å². The van der Waals surface area contributed by atoms with Crippen molar-refractivity contribution in [3.8, 4) is 0 Å². The van der Waals surface area contributed by atoms with Crippen molar-refractivity contribution in [3.05, 3.63) is 44.8 Å². The number of fused-ring (bicyclic) bond motifs is 2. The molecule has 2 aromatic carbocycles. The van der Waals surface area contributed by atoms with E-state index in [1.165, 1.54) is 39.6 Å². The highest BCUT2D eigenvalue weighted by atomic mass is 79.9. The highest BCUT2D eigenvalue weighted by Gasteiger charge is 2.19. The van der Waals surface area contributed by atoms with Gasteiger partial charge in [-0.1, -0.05) is 57.0 Å². The Bertz CT molecular complexity index is 655. The Kier molecular flexibility index (Phi) is 4.43. The van der Waals surface area contributed by atoms with E-state index in [9.17, 15) is 0 Å². The lowest BCUT2D eigenvalue weighted by atomic mass is 10.1. The fourth-order valence-corrected chi connectivity index (χ4v) is 4.65. The lowest BCUT2D eigenvalue weighted by Gasteiger charge is -2.24. The van der Waals surface area contributed by atoms with Crippen LogP contribution in [0, 0.1) is 0 Å². The largest absolute Gasteiger partial charge is 0.353 e. The van der Waals surface area contributed by atoms with Gasteiger partial charge in [-0.3, -0.25) is 0 Å². The molecule has 3 rings (SSSR count). The van der Waals surface area contributed by atoms with Crippen molar-refractivity contribution in [3.63, 3.8) is 0 Å². The molecule has 2 aromatic rings. The lowest BCUT2D eigenvalue weighted by molar-refractivity contribution is 0.794. The number of hydrogen-bond acceptors (Lipinski definition) is 2. The van der Waals surface area contributed by atoms with Gasteiger partial charge in [-0.15, -0.1) is 0 Å². The highest BCUT2D eigenvalue weighted by Crippen LogP contribution is 2.47. The maximum absolute atomic E-state index is 3.64. The topological polar surface area (TPSA) is 12.0 Å². The summed E-state index contributed by atoms with van der Waals surface area (Å²) in [7, 11) is 0. The molecule has 0 radical (unpaired) electrons. The summed E-state index contributed by atoms with van der Waals surface area (Å²) in [6.07, 6.45) is 3.57. The van der Waals surface area contributed by atoms with E-state index < -0.39 is 0 Å². The summed E-state index contributed by atoms with van der Waals surface area (Å²) >= 11 is 9.02. The zero-order chi connectivity index (χ0) is 14.1. The first-order valence-corrected chi connectivity index (χ1v) is 9.14. The molecule has 1 N–H and O–H groups in total. The predicted molar refractivity (Wildman–Crippen MR) is 94.3 cm³/mol. The van der Waals surface area contributed by atoms with Crippen LogP contribution in [0.1, 0.15) is 25.3 Å². The number of benzene rings is 2. The zero-order valence-corrected chi connectivity index (χ0v) is 15.2. The smallest absolute Gasteiger partial charge is 0.0559 e. The van der Waals surface area contributed by atoms with Crippen molar-refractivity contribution < 1.29 is 0 Å². The molecule has 0 fully saturated rings. The van der Waals surface area contributed by atoms with Crippen molar-refractivity contribution in [1.29, 1.82) is 0 Å². The summed E-state index contributed by atoms with van der Waals surface area (Å²) in [6, 6.07) is 10.8. The molecule has 1 nitrogen and oxygen atoms in total. The third-order valence-corrected chi connectivity index (χ3v) is 5.42. The Morgan fingerprint density at radius 3 is 2.65 bits per heavy atom. The summed E-state index contributed by atoms with van der Waals surface area (Å²) in [5, 5.41) is 3.61. The van der Waals surface area contributed by atoms with E-state index in [2.05, 4.69) is 74.4 Å². The van der Waals surface area contributed by atoms with Gasteiger partial charge in [-0.2, -0.15) is 0 Å². The van der Waals surface area contributed by atoms with Crippen LogP contribution in [0.15, 0.2) is 49.1 Å². The van der Waals surface area contributed by atoms with Crippen molar-refractivity contribution in [2.24, 2.45) is 0 Å². The monoisotopic (exact) mass is 411 g/mol. The molecule has 0 saturated carbocycles. The Labute approximate surface area is 140 Å². The summed E-state index contributed by atoms with van der Waals surface area (Å²) < 4.78 is 2.28. The average molecular weight is 413 g/mol. The normalized spacial score (nSPS) is 12.6. The van der Waals surface area contributed by atoms with E-state index in [0.717, 1.165) is 15.4 Å². The summed E-state index contributed by atoms with van der Waals surface area (Å²) in [5.41, 5.74) is 3.88. The van der Waals surface area contributed by atoms with Gasteiger partial charge in [0.25, 0.3) is 0 Å². The number of nitrogens with one attached hydrogen (secondary N) is 1. The molecule has 0 spiro atoms. The van der Waals surface area contributed by atoms with Crippen molar-refractivity contribution in [1.82, 2.24) is 0 Å². The molecule has 1 aliphatic heterocycles. The lowest BCUT2D eigenvalue weighted by Crippen LogP contribution is -2.04. The number of hydrogen-bond donors (Lipinski definition) is 1. The SMILES string of the molecule is CCCCc1cc(Br)cc2c1Nc1ccc(Br)cc1S2. The molecular formula is C16H15Br2NS. The first-order valence-electron chi connectivity index (χ1n) is 6.74. The molecule has 104 valence electrons. The Morgan fingerprint density at radius 2 is 1.85 bits per heavy atom. The number of anilines is 2. The second-order valence-electron chi connectivity index (χ2n) is 4.91. The second-order valence-corrected chi connectivity index (χ2v) is 7.82. The fourth-order valence-electron chi connectivity index (χ4n) is 2.36. The third kappa shape index (κ3) is 2.92. The summed E-state index contributed by atoms with van der Waals surface area (Å²) in [6.45, 7) is 2.24. The molecule has 4 heteroatoms. The molecule has 0 bridgehead atoms. The quantitative estimate of drug-likeness (QED) is 0.509. The van der Waals surface area contributed by atoms with Crippen LogP contribution in [-0.2, 0) is 6.42 Å². The first kappa shape index (κ1) is 14.5. The number of halogens is 2. The van der Waals surface area contributed by atoms with Gasteiger partial charge in [0.2, 0.25) is 0 Å². The van der Waals surface area contributed by atoms with Gasteiger partial charge in [0, 0.05) is 18.7 Å². The van der Waals surface area contributed by atoms with Crippen LogP contribution in [0.4, 0.5) is 11.4 Å². The molecule has 0 aliphatic carbocycles. The van der Waals surface area contributed by atoms with E-state index in [0.29, 0.717) is 0 Å². The van der Waals surface area contributed by atoms with E-state index in [4.69, 9.17) is 0 Å². The highest BCUT2D eigenvalue weighted by molar-refractivity contribution is 9.10. The van der Waals surface area contributed by atoms with Crippen LogP contribution in [0.2, 0.25) is 0 Å². The standard InChI is InChI=1S/C16H15Br2NS/c1-2-3-4-10-7-12(18)9-15-16(10)19-13-6-5-11(17)8-14(13)20-15/h5-9,19H,2-4H2,1H3. The van der Waals surface area contributed by atoms with Gasteiger partial charge >= 0.3 is 0 Å². The molecule has 1 heterocycles. The van der Waals surface area contributed by atoms with Crippen molar-refractivity contribution >= 4 is 55.0 Å². The minimum atomic E-state index is 1.12. The third-order valence-electron chi connectivity index (χ3n) is 3.37. The van der Waals surface area contributed by atoms with Gasteiger partial charge in [0.05, 0.1) is 11.4 Å².